The highest BCUT2D eigenvalue weighted by Gasteiger charge is 1.98. The summed E-state index contributed by atoms with van der Waals surface area (Å²) in [6.07, 6.45) is 5.18. The van der Waals surface area contributed by atoms with Crippen molar-refractivity contribution in [3.63, 3.8) is 0 Å². The molecule has 0 saturated carbocycles. The van der Waals surface area contributed by atoms with Gasteiger partial charge in [0, 0.05) is 6.20 Å². The monoisotopic (exact) mass is 159 g/mol. The molecule has 0 radical (unpaired) electrons. The van der Waals surface area contributed by atoms with Crippen LogP contribution in [0, 0.1) is 0 Å². The molecule has 2 nitrogen and oxygen atoms in total. The van der Waals surface area contributed by atoms with Gasteiger partial charge in [-0.15, -0.1) is 0 Å². The van der Waals surface area contributed by atoms with Crippen LogP contribution in [-0.2, 0) is 11.3 Å². The molecular weight excluding hydrogens is 150 g/mol. The highest BCUT2D eigenvalue weighted by molar-refractivity contribution is 5.58. The van der Waals surface area contributed by atoms with Gasteiger partial charge >= 0.3 is 0 Å². The van der Waals surface area contributed by atoms with E-state index in [4.69, 9.17) is 4.74 Å². The Morgan fingerprint density at radius 2 is 2.17 bits per heavy atom. The molecule has 0 unspecified atom stereocenters. The Hall–Kier alpha value is -1.57. The highest BCUT2D eigenvalue weighted by atomic mass is 16.5. The SMILES string of the molecule is C1=Cc2ccccc2COC=N1. The van der Waals surface area contributed by atoms with Gasteiger partial charge in [-0.1, -0.05) is 24.3 Å². The minimum atomic E-state index is 0.601. The summed E-state index contributed by atoms with van der Waals surface area (Å²) >= 11 is 0. The van der Waals surface area contributed by atoms with E-state index in [0.717, 1.165) is 0 Å². The summed E-state index contributed by atoms with van der Waals surface area (Å²) in [7, 11) is 0. The summed E-state index contributed by atoms with van der Waals surface area (Å²) in [4.78, 5) is 3.90. The Morgan fingerprint density at radius 1 is 1.25 bits per heavy atom. The number of aliphatic imine (C=N–C) groups is 1. The molecule has 0 saturated heterocycles. The molecule has 0 N–H and O–H groups in total. The molecule has 0 bridgehead atoms. The standard InChI is InChI=1S/C10H9NO/c1-2-4-10-7-12-8-11-6-5-9(10)3-1/h1-6,8H,7H2. The van der Waals surface area contributed by atoms with E-state index in [-0.39, 0.29) is 0 Å². The Balaban J connectivity index is 2.43. The molecule has 60 valence electrons. The van der Waals surface area contributed by atoms with Crippen molar-refractivity contribution in [2.75, 3.05) is 0 Å². The fraction of sp³-hybridized carbons (Fsp3) is 0.100. The van der Waals surface area contributed by atoms with Crippen molar-refractivity contribution in [2.45, 2.75) is 6.61 Å². The predicted octanol–water partition coefficient (Wildman–Crippen LogP) is 2.22. The highest BCUT2D eigenvalue weighted by Crippen LogP contribution is 2.12. The van der Waals surface area contributed by atoms with Gasteiger partial charge in [-0.25, -0.2) is 4.99 Å². The Kier molecular flexibility index (Phi) is 1.90. The fourth-order valence-electron chi connectivity index (χ4n) is 1.16. The summed E-state index contributed by atoms with van der Waals surface area (Å²) in [5, 5.41) is 0. The number of ether oxygens (including phenoxy) is 1. The number of hydrogen-bond acceptors (Lipinski definition) is 2. The molecule has 1 aliphatic rings. The van der Waals surface area contributed by atoms with Crippen LogP contribution < -0.4 is 0 Å². The van der Waals surface area contributed by atoms with Gasteiger partial charge in [0.05, 0.1) is 0 Å². The van der Waals surface area contributed by atoms with E-state index in [1.165, 1.54) is 17.5 Å². The van der Waals surface area contributed by atoms with Crippen molar-refractivity contribution in [3.05, 3.63) is 41.6 Å². The summed E-state index contributed by atoms with van der Waals surface area (Å²) in [6.45, 7) is 0.601. The van der Waals surface area contributed by atoms with Crippen molar-refractivity contribution < 1.29 is 4.74 Å². The minimum absolute atomic E-state index is 0.601. The first kappa shape index (κ1) is 7.10. The average Bonchev–Trinajstić information content (AvgIpc) is 2.06. The van der Waals surface area contributed by atoms with Crippen LogP contribution in [0.15, 0.2) is 35.5 Å². The maximum atomic E-state index is 5.16. The van der Waals surface area contributed by atoms with Gasteiger partial charge in [0.15, 0.2) is 6.40 Å². The van der Waals surface area contributed by atoms with Gasteiger partial charge < -0.3 is 4.74 Å². The lowest BCUT2D eigenvalue weighted by molar-refractivity contribution is 0.307. The molecule has 2 rings (SSSR count). The number of rotatable bonds is 0. The number of fused-ring (bicyclic) bond motifs is 1. The molecule has 0 amide bonds. The minimum Gasteiger partial charge on any atom is -0.478 e. The molecule has 1 heterocycles. The molecule has 2 heteroatoms. The lowest BCUT2D eigenvalue weighted by Crippen LogP contribution is -1.94. The normalized spacial score (nSPS) is 14.3. The third kappa shape index (κ3) is 1.37. The average molecular weight is 159 g/mol. The van der Waals surface area contributed by atoms with Crippen LogP contribution in [0.25, 0.3) is 6.08 Å². The smallest absolute Gasteiger partial charge is 0.174 e. The van der Waals surface area contributed by atoms with Gasteiger partial charge in [-0.3, -0.25) is 0 Å². The van der Waals surface area contributed by atoms with E-state index in [1.54, 1.807) is 6.20 Å². The maximum Gasteiger partial charge on any atom is 0.174 e. The van der Waals surface area contributed by atoms with E-state index in [1.807, 2.05) is 18.2 Å². The second-order valence-corrected chi connectivity index (χ2v) is 2.58. The largest absolute Gasteiger partial charge is 0.478 e. The molecule has 1 aromatic carbocycles. The first-order chi connectivity index (χ1) is 5.97. The van der Waals surface area contributed by atoms with E-state index in [2.05, 4.69) is 17.1 Å². The fourth-order valence-corrected chi connectivity index (χ4v) is 1.16. The maximum absolute atomic E-state index is 5.16. The number of benzene rings is 1. The molecule has 0 atom stereocenters. The molecule has 12 heavy (non-hydrogen) atoms. The van der Waals surface area contributed by atoms with Crippen molar-refractivity contribution >= 4 is 12.5 Å². The van der Waals surface area contributed by atoms with Crippen LogP contribution in [0.2, 0.25) is 0 Å². The number of hydrogen-bond donors (Lipinski definition) is 0. The topological polar surface area (TPSA) is 21.6 Å². The van der Waals surface area contributed by atoms with Gasteiger partial charge in [-0.05, 0) is 17.2 Å². The molecular formula is C10H9NO. The second kappa shape index (κ2) is 3.22. The van der Waals surface area contributed by atoms with Gasteiger partial charge in [0.2, 0.25) is 0 Å². The zero-order valence-corrected chi connectivity index (χ0v) is 6.60. The molecule has 1 aliphatic heterocycles. The first-order valence-corrected chi connectivity index (χ1v) is 3.84. The van der Waals surface area contributed by atoms with Crippen molar-refractivity contribution in [1.82, 2.24) is 0 Å². The first-order valence-electron chi connectivity index (χ1n) is 3.84. The van der Waals surface area contributed by atoms with Crippen LogP contribution >= 0.6 is 0 Å². The van der Waals surface area contributed by atoms with E-state index in [9.17, 15) is 0 Å². The van der Waals surface area contributed by atoms with Gasteiger partial charge in [0.25, 0.3) is 0 Å². The molecule has 0 aromatic heterocycles. The van der Waals surface area contributed by atoms with Gasteiger partial charge in [-0.2, -0.15) is 0 Å². The van der Waals surface area contributed by atoms with Crippen LogP contribution in [0.1, 0.15) is 11.1 Å². The quantitative estimate of drug-likeness (QED) is 0.568. The zero-order chi connectivity index (χ0) is 8.23. The Labute approximate surface area is 71.2 Å². The summed E-state index contributed by atoms with van der Waals surface area (Å²) in [5.41, 5.74) is 2.37. The summed E-state index contributed by atoms with van der Waals surface area (Å²) in [6, 6.07) is 8.12. The molecule has 0 fully saturated rings. The molecule has 0 spiro atoms. The van der Waals surface area contributed by atoms with Crippen molar-refractivity contribution in [3.8, 4) is 0 Å². The van der Waals surface area contributed by atoms with E-state index >= 15 is 0 Å². The van der Waals surface area contributed by atoms with Crippen LogP contribution in [0.3, 0.4) is 0 Å². The van der Waals surface area contributed by atoms with E-state index in [0.29, 0.717) is 6.61 Å². The van der Waals surface area contributed by atoms with Gasteiger partial charge in [0.1, 0.15) is 6.61 Å². The third-order valence-corrected chi connectivity index (χ3v) is 1.77. The summed E-state index contributed by atoms with van der Waals surface area (Å²) in [5.74, 6) is 0. The van der Waals surface area contributed by atoms with Crippen LogP contribution in [0.5, 0.6) is 0 Å². The summed E-state index contributed by atoms with van der Waals surface area (Å²) < 4.78 is 5.16. The second-order valence-electron chi connectivity index (χ2n) is 2.58. The number of nitrogens with zero attached hydrogens (tertiary/aromatic N) is 1. The molecule has 1 aromatic rings. The Morgan fingerprint density at radius 3 is 3.17 bits per heavy atom. The van der Waals surface area contributed by atoms with Crippen molar-refractivity contribution in [1.29, 1.82) is 0 Å². The molecule has 0 aliphatic carbocycles. The third-order valence-electron chi connectivity index (χ3n) is 1.77. The zero-order valence-electron chi connectivity index (χ0n) is 6.60. The van der Waals surface area contributed by atoms with E-state index < -0.39 is 0 Å². The lowest BCUT2D eigenvalue weighted by atomic mass is 10.1. The van der Waals surface area contributed by atoms with Crippen molar-refractivity contribution in [2.24, 2.45) is 4.99 Å². The lowest BCUT2D eigenvalue weighted by Gasteiger charge is -2.06. The Bertz CT molecular complexity index is 328. The van der Waals surface area contributed by atoms with Crippen LogP contribution in [-0.4, -0.2) is 6.40 Å². The van der Waals surface area contributed by atoms with Crippen LogP contribution in [0.4, 0.5) is 0 Å². The predicted molar refractivity (Wildman–Crippen MR) is 48.8 cm³/mol.